The Labute approximate surface area is 192 Å². The molecule has 0 atom stereocenters. The number of nitrogens with zero attached hydrogens (tertiary/aromatic N) is 4. The monoisotopic (exact) mass is 447 g/mol. The Bertz CT molecular complexity index is 1100. The molecule has 33 heavy (non-hydrogen) atoms. The van der Waals surface area contributed by atoms with E-state index in [9.17, 15) is 14.0 Å². The first-order valence-electron chi connectivity index (χ1n) is 10.8. The molecule has 7 nitrogen and oxygen atoms in total. The van der Waals surface area contributed by atoms with Crippen LogP contribution in [0.4, 0.5) is 20.6 Å². The van der Waals surface area contributed by atoms with Gasteiger partial charge in [-0.2, -0.15) is 0 Å². The maximum absolute atomic E-state index is 13.4. The van der Waals surface area contributed by atoms with Crippen LogP contribution < -0.4 is 10.2 Å². The van der Waals surface area contributed by atoms with Gasteiger partial charge in [0.05, 0.1) is 11.9 Å². The van der Waals surface area contributed by atoms with Crippen LogP contribution >= 0.6 is 0 Å². The van der Waals surface area contributed by atoms with Crippen LogP contribution in [0.1, 0.15) is 15.9 Å². The number of rotatable bonds is 5. The number of anilines is 2. The molecule has 1 N–H and O–H groups in total. The van der Waals surface area contributed by atoms with Crippen molar-refractivity contribution in [2.24, 2.45) is 0 Å². The second kappa shape index (κ2) is 10.1. The number of carbonyl (C=O) groups excluding carboxylic acids is 2. The molecule has 0 unspecified atom stereocenters. The molecular formula is C25H26FN5O2. The molecular weight excluding hydrogens is 421 g/mol. The molecule has 3 amide bonds. The highest BCUT2D eigenvalue weighted by Crippen LogP contribution is 2.19. The van der Waals surface area contributed by atoms with Gasteiger partial charge in [-0.25, -0.2) is 9.18 Å². The van der Waals surface area contributed by atoms with Gasteiger partial charge in [-0.3, -0.25) is 9.78 Å². The van der Waals surface area contributed by atoms with Crippen molar-refractivity contribution in [3.8, 4) is 0 Å². The summed E-state index contributed by atoms with van der Waals surface area (Å²) >= 11 is 0. The predicted molar refractivity (Wildman–Crippen MR) is 126 cm³/mol. The average molecular weight is 448 g/mol. The molecule has 1 aliphatic rings. The Kier molecular flexibility index (Phi) is 6.83. The van der Waals surface area contributed by atoms with Gasteiger partial charge in [0.1, 0.15) is 5.82 Å². The lowest BCUT2D eigenvalue weighted by Gasteiger charge is -2.34. The Hall–Kier alpha value is -3.94. The second-order valence-electron chi connectivity index (χ2n) is 7.98. The molecule has 2 aromatic carbocycles. The van der Waals surface area contributed by atoms with Crippen molar-refractivity contribution in [2.45, 2.75) is 6.54 Å². The lowest BCUT2D eigenvalue weighted by molar-refractivity contribution is 0.0671. The third kappa shape index (κ3) is 5.65. The highest BCUT2D eigenvalue weighted by atomic mass is 19.1. The van der Waals surface area contributed by atoms with Gasteiger partial charge < -0.3 is 20.0 Å². The lowest BCUT2D eigenvalue weighted by atomic mass is 10.1. The van der Waals surface area contributed by atoms with Crippen molar-refractivity contribution in [1.29, 1.82) is 0 Å². The third-order valence-electron chi connectivity index (χ3n) is 5.63. The number of pyridine rings is 1. The van der Waals surface area contributed by atoms with Crippen molar-refractivity contribution in [1.82, 2.24) is 14.8 Å². The topological polar surface area (TPSA) is 68.8 Å². The van der Waals surface area contributed by atoms with Crippen molar-refractivity contribution in [3.05, 3.63) is 90.0 Å². The summed E-state index contributed by atoms with van der Waals surface area (Å²) in [7, 11) is 1.93. The molecule has 1 fully saturated rings. The molecule has 3 aromatic rings. The van der Waals surface area contributed by atoms with Crippen molar-refractivity contribution < 1.29 is 14.0 Å². The number of benzene rings is 2. The largest absolute Gasteiger partial charge is 0.370 e. The Morgan fingerprint density at radius 2 is 1.73 bits per heavy atom. The quantitative estimate of drug-likeness (QED) is 0.645. The molecule has 0 bridgehead atoms. The number of hydrogen-bond donors (Lipinski definition) is 1. The minimum absolute atomic E-state index is 0.0540. The molecule has 8 heteroatoms. The SMILES string of the molecule is CN(Cc1cccc(F)c1)c1ccc(C(=O)N2CCN(C(=O)Nc3cccnc3)CC2)cc1. The van der Waals surface area contributed by atoms with E-state index in [2.05, 4.69) is 10.3 Å². The zero-order valence-electron chi connectivity index (χ0n) is 18.4. The fourth-order valence-corrected chi connectivity index (χ4v) is 3.79. The molecule has 0 radical (unpaired) electrons. The van der Waals surface area contributed by atoms with Gasteiger partial charge in [0.25, 0.3) is 5.91 Å². The van der Waals surface area contributed by atoms with Gasteiger partial charge in [0.15, 0.2) is 0 Å². The summed E-state index contributed by atoms with van der Waals surface area (Å²) < 4.78 is 13.4. The molecule has 0 spiro atoms. The lowest BCUT2D eigenvalue weighted by Crippen LogP contribution is -2.51. The molecule has 1 aromatic heterocycles. The van der Waals surface area contributed by atoms with Crippen LogP contribution in [-0.4, -0.2) is 59.9 Å². The molecule has 1 saturated heterocycles. The van der Waals surface area contributed by atoms with Crippen LogP contribution in [-0.2, 0) is 6.54 Å². The summed E-state index contributed by atoms with van der Waals surface area (Å²) in [5.41, 5.74) is 3.06. The van der Waals surface area contributed by atoms with E-state index in [4.69, 9.17) is 0 Å². The standard InChI is InChI=1S/C25H26FN5O2/c1-29(18-19-4-2-5-21(26)16-19)23-9-7-20(8-10-23)24(32)30-12-14-31(15-13-30)25(33)28-22-6-3-11-27-17-22/h2-11,16-17H,12-15,18H2,1H3,(H,28,33). The van der Waals surface area contributed by atoms with Gasteiger partial charge in [0, 0.05) is 57.2 Å². The van der Waals surface area contributed by atoms with Crippen LogP contribution in [0.25, 0.3) is 0 Å². The number of piperazine rings is 1. The highest BCUT2D eigenvalue weighted by molar-refractivity contribution is 5.95. The van der Waals surface area contributed by atoms with Crippen LogP contribution in [0.5, 0.6) is 0 Å². The molecule has 170 valence electrons. The first-order valence-corrected chi connectivity index (χ1v) is 10.8. The molecule has 0 aliphatic carbocycles. The minimum Gasteiger partial charge on any atom is -0.370 e. The number of halogens is 1. The summed E-state index contributed by atoms with van der Waals surface area (Å²) in [6, 6.07) is 17.3. The molecule has 4 rings (SSSR count). The van der Waals surface area contributed by atoms with E-state index < -0.39 is 0 Å². The summed E-state index contributed by atoms with van der Waals surface area (Å²) in [6.07, 6.45) is 3.24. The Morgan fingerprint density at radius 3 is 2.39 bits per heavy atom. The van der Waals surface area contributed by atoms with Gasteiger partial charge in [0.2, 0.25) is 0 Å². The van der Waals surface area contributed by atoms with Gasteiger partial charge in [-0.05, 0) is 54.1 Å². The van der Waals surface area contributed by atoms with E-state index in [0.29, 0.717) is 44.0 Å². The summed E-state index contributed by atoms with van der Waals surface area (Å²) in [5.74, 6) is -0.307. The molecule has 1 aliphatic heterocycles. The Balaban J connectivity index is 1.30. The number of nitrogens with one attached hydrogen (secondary N) is 1. The number of aromatic nitrogens is 1. The first kappa shape index (κ1) is 22.3. The first-order chi connectivity index (χ1) is 16.0. The fourth-order valence-electron chi connectivity index (χ4n) is 3.79. The Morgan fingerprint density at radius 1 is 1.00 bits per heavy atom. The summed E-state index contributed by atoms with van der Waals surface area (Å²) in [4.78, 5) is 34.8. The van der Waals surface area contributed by atoms with Crippen molar-refractivity contribution in [3.63, 3.8) is 0 Å². The number of amides is 3. The van der Waals surface area contributed by atoms with Gasteiger partial charge >= 0.3 is 6.03 Å². The van der Waals surface area contributed by atoms with E-state index >= 15 is 0 Å². The number of carbonyl (C=O) groups is 2. The highest BCUT2D eigenvalue weighted by Gasteiger charge is 2.25. The van der Waals surface area contributed by atoms with Crippen LogP contribution in [0.15, 0.2) is 73.1 Å². The van der Waals surface area contributed by atoms with Crippen LogP contribution in [0.3, 0.4) is 0 Å². The molecule has 0 saturated carbocycles. The van der Waals surface area contributed by atoms with E-state index in [1.165, 1.54) is 12.1 Å². The third-order valence-corrected chi connectivity index (χ3v) is 5.63. The smallest absolute Gasteiger partial charge is 0.322 e. The maximum atomic E-state index is 13.4. The maximum Gasteiger partial charge on any atom is 0.322 e. The van der Waals surface area contributed by atoms with E-state index in [0.717, 1.165) is 11.3 Å². The summed E-state index contributed by atoms with van der Waals surface area (Å²) in [5, 5.41) is 2.82. The molecule has 2 heterocycles. The van der Waals surface area contributed by atoms with E-state index in [-0.39, 0.29) is 17.8 Å². The van der Waals surface area contributed by atoms with Crippen molar-refractivity contribution in [2.75, 3.05) is 43.4 Å². The van der Waals surface area contributed by atoms with E-state index in [1.54, 1.807) is 52.5 Å². The van der Waals surface area contributed by atoms with Crippen LogP contribution in [0.2, 0.25) is 0 Å². The van der Waals surface area contributed by atoms with Gasteiger partial charge in [-0.15, -0.1) is 0 Å². The zero-order chi connectivity index (χ0) is 23.2. The number of hydrogen-bond acceptors (Lipinski definition) is 4. The number of urea groups is 1. The van der Waals surface area contributed by atoms with E-state index in [1.807, 2.05) is 30.1 Å². The minimum atomic E-state index is -0.253. The average Bonchev–Trinajstić information content (AvgIpc) is 2.84. The summed E-state index contributed by atoms with van der Waals surface area (Å²) in [6.45, 7) is 2.44. The van der Waals surface area contributed by atoms with Crippen molar-refractivity contribution >= 4 is 23.3 Å². The van der Waals surface area contributed by atoms with Gasteiger partial charge in [-0.1, -0.05) is 12.1 Å². The normalized spacial score (nSPS) is 13.5. The zero-order valence-corrected chi connectivity index (χ0v) is 18.4. The second-order valence-corrected chi connectivity index (χ2v) is 7.98. The van der Waals surface area contributed by atoms with Crippen LogP contribution in [0, 0.1) is 5.82 Å². The fraction of sp³-hybridized carbons (Fsp3) is 0.240. The predicted octanol–water partition coefficient (Wildman–Crippen LogP) is 3.85.